The van der Waals surface area contributed by atoms with E-state index >= 15 is 0 Å². The summed E-state index contributed by atoms with van der Waals surface area (Å²) in [6, 6.07) is 8.00. The molecule has 3 heteroatoms. The first kappa shape index (κ1) is 13.6. The molecule has 1 aromatic carbocycles. The maximum Gasteiger partial charge on any atom is 0.0950 e. The summed E-state index contributed by atoms with van der Waals surface area (Å²) in [5, 5.41) is 11.3. The summed E-state index contributed by atoms with van der Waals surface area (Å²) in [4.78, 5) is 0. The van der Waals surface area contributed by atoms with Crippen molar-refractivity contribution in [2.24, 2.45) is 23.0 Å². The minimum absolute atomic E-state index is 0.153. The van der Waals surface area contributed by atoms with Gasteiger partial charge in [0.2, 0.25) is 0 Å². The lowest BCUT2D eigenvalue weighted by atomic mass is 9.60. The Kier molecular flexibility index (Phi) is 3.27. The van der Waals surface area contributed by atoms with E-state index in [-0.39, 0.29) is 5.41 Å². The molecule has 2 aliphatic carbocycles. The third-order valence-corrected chi connectivity index (χ3v) is 6.40. The number of benzene rings is 1. The minimum atomic E-state index is -0.859. The summed E-state index contributed by atoms with van der Waals surface area (Å²) in [5.41, 5.74) is 6.12. The SMILES string of the molecule is CC(O)(c1ccccc1Br)C1(CN)CC2CCC1C2. The first-order valence-electron chi connectivity index (χ1n) is 7.19. The summed E-state index contributed by atoms with van der Waals surface area (Å²) in [7, 11) is 0. The Morgan fingerprint density at radius 3 is 2.68 bits per heavy atom. The summed E-state index contributed by atoms with van der Waals surface area (Å²) in [6.45, 7) is 2.53. The molecule has 19 heavy (non-hydrogen) atoms. The molecule has 2 saturated carbocycles. The highest BCUT2D eigenvalue weighted by Crippen LogP contribution is 2.62. The van der Waals surface area contributed by atoms with Crippen LogP contribution in [0.25, 0.3) is 0 Å². The van der Waals surface area contributed by atoms with E-state index in [2.05, 4.69) is 15.9 Å². The van der Waals surface area contributed by atoms with Gasteiger partial charge in [-0.25, -0.2) is 0 Å². The van der Waals surface area contributed by atoms with Gasteiger partial charge in [-0.05, 0) is 49.7 Å². The van der Waals surface area contributed by atoms with Crippen molar-refractivity contribution in [3.05, 3.63) is 34.3 Å². The first-order valence-corrected chi connectivity index (χ1v) is 7.98. The standard InChI is InChI=1S/C16H22BrNO/c1-15(19,13-4-2-3-5-14(13)17)16(10-18)9-11-6-7-12(16)8-11/h2-5,11-12,19H,6-10,18H2,1H3. The van der Waals surface area contributed by atoms with E-state index in [1.165, 1.54) is 19.3 Å². The topological polar surface area (TPSA) is 46.2 Å². The molecule has 3 rings (SSSR count). The molecule has 4 atom stereocenters. The molecule has 1 aromatic rings. The van der Waals surface area contributed by atoms with E-state index in [4.69, 9.17) is 5.73 Å². The summed E-state index contributed by atoms with van der Waals surface area (Å²) < 4.78 is 0.982. The van der Waals surface area contributed by atoms with Crippen LogP contribution in [0.4, 0.5) is 0 Å². The van der Waals surface area contributed by atoms with E-state index in [0.717, 1.165) is 22.4 Å². The molecule has 0 radical (unpaired) electrons. The predicted molar refractivity (Wildman–Crippen MR) is 80.6 cm³/mol. The van der Waals surface area contributed by atoms with Crippen molar-refractivity contribution < 1.29 is 5.11 Å². The van der Waals surface area contributed by atoms with Crippen LogP contribution in [0.15, 0.2) is 28.7 Å². The fourth-order valence-corrected chi connectivity index (χ4v) is 5.28. The van der Waals surface area contributed by atoms with Crippen LogP contribution in [0, 0.1) is 17.3 Å². The van der Waals surface area contributed by atoms with Crippen LogP contribution in [0.1, 0.15) is 38.2 Å². The number of nitrogens with two attached hydrogens (primary N) is 1. The van der Waals surface area contributed by atoms with Gasteiger partial charge in [-0.3, -0.25) is 0 Å². The zero-order valence-corrected chi connectivity index (χ0v) is 13.0. The van der Waals surface area contributed by atoms with Gasteiger partial charge >= 0.3 is 0 Å². The van der Waals surface area contributed by atoms with Gasteiger partial charge in [-0.1, -0.05) is 40.5 Å². The second-order valence-electron chi connectivity index (χ2n) is 6.49. The predicted octanol–water partition coefficient (Wildman–Crippen LogP) is 3.42. The Labute approximate surface area is 123 Å². The monoisotopic (exact) mass is 323 g/mol. The maximum absolute atomic E-state index is 11.3. The number of rotatable bonds is 3. The van der Waals surface area contributed by atoms with Crippen molar-refractivity contribution in [1.29, 1.82) is 0 Å². The van der Waals surface area contributed by atoms with Crippen LogP contribution in [0.3, 0.4) is 0 Å². The van der Waals surface area contributed by atoms with Crippen molar-refractivity contribution in [3.8, 4) is 0 Å². The van der Waals surface area contributed by atoms with Crippen molar-refractivity contribution in [2.75, 3.05) is 6.54 Å². The molecule has 2 nitrogen and oxygen atoms in total. The van der Waals surface area contributed by atoms with Crippen LogP contribution in [0.5, 0.6) is 0 Å². The Hall–Kier alpha value is -0.380. The highest BCUT2D eigenvalue weighted by molar-refractivity contribution is 9.10. The smallest absolute Gasteiger partial charge is 0.0950 e. The lowest BCUT2D eigenvalue weighted by Gasteiger charge is -2.48. The largest absolute Gasteiger partial charge is 0.385 e. The second-order valence-corrected chi connectivity index (χ2v) is 7.35. The fraction of sp³-hybridized carbons (Fsp3) is 0.625. The van der Waals surface area contributed by atoms with Gasteiger partial charge in [0.25, 0.3) is 0 Å². The van der Waals surface area contributed by atoms with Crippen LogP contribution in [0.2, 0.25) is 0 Å². The number of aliphatic hydroxyl groups is 1. The highest BCUT2D eigenvalue weighted by atomic mass is 79.9. The average molecular weight is 324 g/mol. The molecule has 0 spiro atoms. The van der Waals surface area contributed by atoms with Crippen molar-refractivity contribution >= 4 is 15.9 Å². The number of fused-ring (bicyclic) bond motifs is 2. The lowest BCUT2D eigenvalue weighted by molar-refractivity contribution is -0.103. The zero-order valence-electron chi connectivity index (χ0n) is 11.4. The number of hydrogen-bond acceptors (Lipinski definition) is 2. The van der Waals surface area contributed by atoms with Crippen molar-refractivity contribution in [1.82, 2.24) is 0 Å². The molecular formula is C16H22BrNO. The van der Waals surface area contributed by atoms with Crippen LogP contribution in [-0.4, -0.2) is 11.7 Å². The Morgan fingerprint density at radius 2 is 2.16 bits per heavy atom. The van der Waals surface area contributed by atoms with Crippen LogP contribution in [-0.2, 0) is 5.60 Å². The van der Waals surface area contributed by atoms with Crippen LogP contribution < -0.4 is 5.73 Å². The van der Waals surface area contributed by atoms with Gasteiger partial charge in [-0.15, -0.1) is 0 Å². The van der Waals surface area contributed by atoms with Crippen LogP contribution >= 0.6 is 15.9 Å². The zero-order chi connectivity index (χ0) is 13.7. The quantitative estimate of drug-likeness (QED) is 0.895. The van der Waals surface area contributed by atoms with E-state index in [1.807, 2.05) is 31.2 Å². The molecular weight excluding hydrogens is 302 g/mol. The second kappa shape index (κ2) is 4.57. The first-order chi connectivity index (χ1) is 9.01. The maximum atomic E-state index is 11.3. The normalized spacial score (nSPS) is 36.4. The summed E-state index contributed by atoms with van der Waals surface area (Å²) in [5.74, 6) is 1.34. The number of hydrogen-bond donors (Lipinski definition) is 2. The summed E-state index contributed by atoms with van der Waals surface area (Å²) >= 11 is 3.58. The molecule has 3 N–H and O–H groups in total. The third-order valence-electron chi connectivity index (χ3n) is 5.71. The molecule has 0 aliphatic heterocycles. The van der Waals surface area contributed by atoms with E-state index in [1.54, 1.807) is 0 Å². The molecule has 2 bridgehead atoms. The minimum Gasteiger partial charge on any atom is -0.385 e. The molecule has 2 fully saturated rings. The van der Waals surface area contributed by atoms with E-state index in [9.17, 15) is 5.11 Å². The molecule has 4 unspecified atom stereocenters. The molecule has 0 saturated heterocycles. The van der Waals surface area contributed by atoms with E-state index < -0.39 is 5.60 Å². The number of halogens is 1. The highest BCUT2D eigenvalue weighted by Gasteiger charge is 2.59. The molecule has 104 valence electrons. The Bertz CT molecular complexity index is 487. The van der Waals surface area contributed by atoms with Gasteiger partial charge < -0.3 is 10.8 Å². The fourth-order valence-electron chi connectivity index (χ4n) is 4.61. The lowest BCUT2D eigenvalue weighted by Crippen LogP contribution is -2.52. The van der Waals surface area contributed by atoms with Gasteiger partial charge in [0.05, 0.1) is 5.60 Å². The average Bonchev–Trinajstić information content (AvgIpc) is 2.99. The molecule has 2 aliphatic rings. The summed E-state index contributed by atoms with van der Waals surface area (Å²) in [6.07, 6.45) is 4.86. The van der Waals surface area contributed by atoms with E-state index in [0.29, 0.717) is 12.5 Å². The van der Waals surface area contributed by atoms with Crippen molar-refractivity contribution in [3.63, 3.8) is 0 Å². The van der Waals surface area contributed by atoms with Gasteiger partial charge in [0, 0.05) is 16.4 Å². The van der Waals surface area contributed by atoms with Gasteiger partial charge in [-0.2, -0.15) is 0 Å². The van der Waals surface area contributed by atoms with Crippen molar-refractivity contribution in [2.45, 2.75) is 38.2 Å². The Balaban J connectivity index is 2.06. The molecule has 0 aromatic heterocycles. The third kappa shape index (κ3) is 1.82. The Morgan fingerprint density at radius 1 is 1.42 bits per heavy atom. The molecule has 0 amide bonds. The van der Waals surface area contributed by atoms with Gasteiger partial charge in [0.1, 0.15) is 0 Å². The van der Waals surface area contributed by atoms with Gasteiger partial charge in [0.15, 0.2) is 0 Å². The molecule has 0 heterocycles.